The fraction of sp³-hybridized carbons (Fsp3) is 0.923. The highest BCUT2D eigenvalue weighted by Gasteiger charge is 2.27. The van der Waals surface area contributed by atoms with Crippen LogP contribution in [0.4, 0.5) is 4.79 Å². The predicted molar refractivity (Wildman–Crippen MR) is 70.4 cm³/mol. The number of nitrogens with zero attached hydrogens (tertiary/aromatic N) is 1. The number of amides is 1. The van der Waals surface area contributed by atoms with Crippen molar-refractivity contribution in [2.24, 2.45) is 5.73 Å². The van der Waals surface area contributed by atoms with Crippen molar-refractivity contribution in [3.05, 3.63) is 0 Å². The molecule has 0 radical (unpaired) electrons. The first-order valence-corrected chi connectivity index (χ1v) is 6.63. The molecule has 2 unspecified atom stereocenters. The smallest absolute Gasteiger partial charge is 0.410 e. The molecular weight excluding hydrogens is 232 g/mol. The van der Waals surface area contributed by atoms with Crippen molar-refractivity contribution < 1.29 is 14.3 Å². The van der Waals surface area contributed by atoms with Crippen LogP contribution in [0.2, 0.25) is 0 Å². The van der Waals surface area contributed by atoms with E-state index in [1.165, 1.54) is 0 Å². The van der Waals surface area contributed by atoms with Crippen LogP contribution in [0.5, 0.6) is 0 Å². The fourth-order valence-corrected chi connectivity index (χ4v) is 1.84. The maximum atomic E-state index is 11.9. The molecule has 0 aromatic rings. The molecule has 5 heteroatoms. The highest BCUT2D eigenvalue weighted by molar-refractivity contribution is 5.68. The summed E-state index contributed by atoms with van der Waals surface area (Å²) in [5.74, 6) is 0. The Morgan fingerprint density at radius 2 is 2.22 bits per heavy atom. The Morgan fingerprint density at radius 1 is 1.56 bits per heavy atom. The summed E-state index contributed by atoms with van der Waals surface area (Å²) < 4.78 is 11.0. The van der Waals surface area contributed by atoms with Crippen molar-refractivity contribution in [2.75, 3.05) is 19.7 Å². The number of carbonyl (C=O) groups is 1. The van der Waals surface area contributed by atoms with Crippen molar-refractivity contribution in [3.63, 3.8) is 0 Å². The third kappa shape index (κ3) is 5.69. The van der Waals surface area contributed by atoms with E-state index in [0.717, 1.165) is 12.8 Å². The van der Waals surface area contributed by atoms with Crippen molar-refractivity contribution >= 4 is 6.09 Å². The maximum Gasteiger partial charge on any atom is 0.410 e. The van der Waals surface area contributed by atoms with Crippen LogP contribution in [-0.4, -0.2) is 48.4 Å². The standard InChI is InChI=1S/C13H26N2O3/c1-10(14)5-6-11-9-15(7-8-17-11)12(16)18-13(2,3)4/h10-11H,5-9,14H2,1-4H3. The molecule has 0 bridgehead atoms. The van der Waals surface area contributed by atoms with Crippen LogP contribution in [0.25, 0.3) is 0 Å². The Morgan fingerprint density at radius 3 is 2.78 bits per heavy atom. The fourth-order valence-electron chi connectivity index (χ4n) is 1.84. The van der Waals surface area contributed by atoms with Crippen molar-refractivity contribution in [1.29, 1.82) is 0 Å². The number of hydrogen-bond donors (Lipinski definition) is 1. The summed E-state index contributed by atoms with van der Waals surface area (Å²) >= 11 is 0. The molecule has 1 heterocycles. The first kappa shape index (κ1) is 15.2. The molecule has 1 rings (SSSR count). The third-order valence-corrected chi connectivity index (χ3v) is 2.73. The van der Waals surface area contributed by atoms with E-state index in [1.807, 2.05) is 27.7 Å². The molecule has 2 N–H and O–H groups in total. The topological polar surface area (TPSA) is 64.8 Å². The number of hydrogen-bond acceptors (Lipinski definition) is 4. The normalized spacial score (nSPS) is 22.7. The summed E-state index contributed by atoms with van der Waals surface area (Å²) in [6.45, 7) is 9.37. The van der Waals surface area contributed by atoms with E-state index in [4.69, 9.17) is 15.2 Å². The molecule has 0 spiro atoms. The van der Waals surface area contributed by atoms with Gasteiger partial charge >= 0.3 is 6.09 Å². The zero-order valence-electron chi connectivity index (χ0n) is 11.9. The summed E-state index contributed by atoms with van der Waals surface area (Å²) in [4.78, 5) is 13.6. The summed E-state index contributed by atoms with van der Waals surface area (Å²) in [7, 11) is 0. The van der Waals surface area contributed by atoms with Gasteiger partial charge in [0.05, 0.1) is 19.3 Å². The van der Waals surface area contributed by atoms with Crippen molar-refractivity contribution in [3.8, 4) is 0 Å². The van der Waals surface area contributed by atoms with E-state index < -0.39 is 5.60 Å². The molecule has 1 aliphatic rings. The summed E-state index contributed by atoms with van der Waals surface area (Å²) in [6.07, 6.45) is 1.62. The van der Waals surface area contributed by atoms with Gasteiger partial charge in [0.1, 0.15) is 5.60 Å². The minimum absolute atomic E-state index is 0.0808. The molecule has 0 saturated carbocycles. The van der Waals surface area contributed by atoms with E-state index in [-0.39, 0.29) is 18.2 Å². The highest BCUT2D eigenvalue weighted by Crippen LogP contribution is 2.15. The number of rotatable bonds is 3. The van der Waals surface area contributed by atoms with Crippen LogP contribution in [-0.2, 0) is 9.47 Å². The Balaban J connectivity index is 2.40. The number of morpholine rings is 1. The Kier molecular flexibility index (Phi) is 5.41. The lowest BCUT2D eigenvalue weighted by molar-refractivity contribution is -0.0453. The number of ether oxygens (including phenoxy) is 2. The zero-order chi connectivity index (χ0) is 13.8. The zero-order valence-corrected chi connectivity index (χ0v) is 11.9. The Labute approximate surface area is 110 Å². The largest absolute Gasteiger partial charge is 0.444 e. The second kappa shape index (κ2) is 6.38. The number of carbonyl (C=O) groups excluding carboxylic acids is 1. The van der Waals surface area contributed by atoms with Gasteiger partial charge < -0.3 is 20.1 Å². The molecule has 18 heavy (non-hydrogen) atoms. The van der Waals surface area contributed by atoms with Gasteiger partial charge in [0.15, 0.2) is 0 Å². The predicted octanol–water partition coefficient (Wildman–Crippen LogP) is 1.75. The third-order valence-electron chi connectivity index (χ3n) is 2.73. The molecular formula is C13H26N2O3. The van der Waals surface area contributed by atoms with Crippen LogP contribution in [0.1, 0.15) is 40.5 Å². The summed E-state index contributed by atoms with van der Waals surface area (Å²) in [6, 6.07) is 0.172. The second-order valence-electron chi connectivity index (χ2n) is 5.97. The van der Waals surface area contributed by atoms with E-state index >= 15 is 0 Å². The molecule has 106 valence electrons. The lowest BCUT2D eigenvalue weighted by atomic mass is 10.1. The molecule has 0 aromatic carbocycles. The van der Waals surface area contributed by atoms with Gasteiger partial charge in [0.25, 0.3) is 0 Å². The van der Waals surface area contributed by atoms with E-state index in [2.05, 4.69) is 0 Å². The SMILES string of the molecule is CC(N)CCC1CN(C(=O)OC(C)(C)C)CCO1. The van der Waals surface area contributed by atoms with Crippen LogP contribution < -0.4 is 5.73 Å². The van der Waals surface area contributed by atoms with Crippen molar-refractivity contribution in [1.82, 2.24) is 4.90 Å². The van der Waals surface area contributed by atoms with E-state index in [9.17, 15) is 4.79 Å². The summed E-state index contributed by atoms with van der Waals surface area (Å²) in [5, 5.41) is 0. The lowest BCUT2D eigenvalue weighted by Gasteiger charge is -2.34. The van der Waals surface area contributed by atoms with Crippen LogP contribution in [0.3, 0.4) is 0 Å². The average Bonchev–Trinajstić information content (AvgIpc) is 2.24. The molecule has 5 nitrogen and oxygen atoms in total. The van der Waals surface area contributed by atoms with Crippen LogP contribution in [0, 0.1) is 0 Å². The number of nitrogens with two attached hydrogens (primary N) is 1. The molecule has 1 amide bonds. The first-order chi connectivity index (χ1) is 8.28. The molecule has 1 aliphatic heterocycles. The quantitative estimate of drug-likeness (QED) is 0.837. The highest BCUT2D eigenvalue weighted by atomic mass is 16.6. The van der Waals surface area contributed by atoms with Gasteiger partial charge in [-0.1, -0.05) is 0 Å². The van der Waals surface area contributed by atoms with Gasteiger partial charge in [0, 0.05) is 12.6 Å². The van der Waals surface area contributed by atoms with E-state index in [0.29, 0.717) is 19.7 Å². The van der Waals surface area contributed by atoms with Gasteiger partial charge in [-0.25, -0.2) is 4.79 Å². The molecule has 1 saturated heterocycles. The molecule has 0 aromatic heterocycles. The maximum absolute atomic E-state index is 11.9. The molecule has 1 fully saturated rings. The van der Waals surface area contributed by atoms with Crippen LogP contribution in [0.15, 0.2) is 0 Å². The summed E-state index contributed by atoms with van der Waals surface area (Å²) in [5.41, 5.74) is 5.28. The minimum Gasteiger partial charge on any atom is -0.444 e. The van der Waals surface area contributed by atoms with Gasteiger partial charge in [-0.2, -0.15) is 0 Å². The van der Waals surface area contributed by atoms with Crippen LogP contribution >= 0.6 is 0 Å². The Bertz CT molecular complexity index is 274. The lowest BCUT2D eigenvalue weighted by Crippen LogP contribution is -2.47. The van der Waals surface area contributed by atoms with Gasteiger partial charge in [-0.05, 0) is 40.5 Å². The van der Waals surface area contributed by atoms with Gasteiger partial charge in [0.2, 0.25) is 0 Å². The monoisotopic (exact) mass is 258 g/mol. The minimum atomic E-state index is -0.448. The Hall–Kier alpha value is -0.810. The van der Waals surface area contributed by atoms with E-state index in [1.54, 1.807) is 4.90 Å². The van der Waals surface area contributed by atoms with Crippen molar-refractivity contribution in [2.45, 2.75) is 58.3 Å². The van der Waals surface area contributed by atoms with Gasteiger partial charge in [-0.3, -0.25) is 0 Å². The van der Waals surface area contributed by atoms with Gasteiger partial charge in [-0.15, -0.1) is 0 Å². The second-order valence-corrected chi connectivity index (χ2v) is 5.97. The molecule has 2 atom stereocenters. The average molecular weight is 258 g/mol. The first-order valence-electron chi connectivity index (χ1n) is 6.63. The molecule has 0 aliphatic carbocycles.